The fourth-order valence-corrected chi connectivity index (χ4v) is 2.98. The maximum Gasteiger partial charge on any atom is 0.124 e. The molecule has 0 atom stereocenters. The van der Waals surface area contributed by atoms with Gasteiger partial charge in [-0.3, -0.25) is 0 Å². The number of aryl methyl sites for hydroxylation is 2. The van der Waals surface area contributed by atoms with Crippen LogP contribution in [0.4, 0.5) is 0 Å². The molecule has 3 rings (SSSR count). The molecule has 90 valence electrons. The van der Waals surface area contributed by atoms with Crippen molar-refractivity contribution in [3.8, 4) is 16.3 Å². The van der Waals surface area contributed by atoms with E-state index in [-0.39, 0.29) is 5.75 Å². The second-order valence-electron chi connectivity index (χ2n) is 4.47. The molecule has 0 aliphatic carbocycles. The Bertz CT molecular complexity index is 691. The largest absolute Gasteiger partial charge is 0.508 e. The van der Waals surface area contributed by atoms with E-state index in [9.17, 15) is 5.11 Å². The first-order valence-electron chi connectivity index (χ1n) is 5.81. The molecule has 0 fully saturated rings. The maximum atomic E-state index is 9.51. The zero-order chi connectivity index (χ0) is 12.7. The summed E-state index contributed by atoms with van der Waals surface area (Å²) in [6.45, 7) is 4.21. The monoisotopic (exact) mass is 255 g/mol. The Kier molecular flexibility index (Phi) is 2.56. The molecular formula is C15H13NOS. The zero-order valence-electron chi connectivity index (χ0n) is 10.3. The van der Waals surface area contributed by atoms with Gasteiger partial charge in [-0.25, -0.2) is 4.98 Å². The fraction of sp³-hybridized carbons (Fsp3) is 0.133. The summed E-state index contributed by atoms with van der Waals surface area (Å²) in [6, 6.07) is 11.5. The van der Waals surface area contributed by atoms with Crippen LogP contribution in [-0.4, -0.2) is 10.1 Å². The van der Waals surface area contributed by atoms with E-state index in [0.717, 1.165) is 16.1 Å². The Morgan fingerprint density at radius 1 is 1.06 bits per heavy atom. The predicted octanol–water partition coefficient (Wildman–Crippen LogP) is 4.29. The highest BCUT2D eigenvalue weighted by Gasteiger charge is 2.08. The fourth-order valence-electron chi connectivity index (χ4n) is 1.94. The van der Waals surface area contributed by atoms with Gasteiger partial charge < -0.3 is 5.11 Å². The molecule has 0 aliphatic heterocycles. The van der Waals surface area contributed by atoms with Crippen LogP contribution in [0.1, 0.15) is 11.1 Å². The molecule has 1 aromatic heterocycles. The highest BCUT2D eigenvalue weighted by atomic mass is 32.1. The highest BCUT2D eigenvalue weighted by Crippen LogP contribution is 2.32. The van der Waals surface area contributed by atoms with Crippen LogP contribution in [0, 0.1) is 13.8 Å². The van der Waals surface area contributed by atoms with E-state index >= 15 is 0 Å². The van der Waals surface area contributed by atoms with E-state index in [1.54, 1.807) is 23.5 Å². The standard InChI is InChI=1S/C15H13NOS/c1-9-6-13-14(7-10(9)2)18-15(16-13)11-4-3-5-12(17)8-11/h3-8,17H,1-2H3. The number of aromatic hydroxyl groups is 1. The molecule has 0 bridgehead atoms. The topological polar surface area (TPSA) is 33.1 Å². The number of rotatable bonds is 1. The van der Waals surface area contributed by atoms with Gasteiger partial charge in [-0.1, -0.05) is 12.1 Å². The number of fused-ring (bicyclic) bond motifs is 1. The summed E-state index contributed by atoms with van der Waals surface area (Å²) < 4.78 is 1.19. The van der Waals surface area contributed by atoms with E-state index in [1.807, 2.05) is 12.1 Å². The van der Waals surface area contributed by atoms with E-state index in [2.05, 4.69) is 31.0 Å². The van der Waals surface area contributed by atoms with Crippen molar-refractivity contribution < 1.29 is 5.11 Å². The zero-order valence-corrected chi connectivity index (χ0v) is 11.1. The summed E-state index contributed by atoms with van der Waals surface area (Å²) >= 11 is 1.66. The first-order chi connectivity index (χ1) is 8.63. The number of hydrogen-bond donors (Lipinski definition) is 1. The molecule has 1 N–H and O–H groups in total. The highest BCUT2D eigenvalue weighted by molar-refractivity contribution is 7.21. The Labute approximate surface area is 110 Å². The third-order valence-electron chi connectivity index (χ3n) is 3.10. The second-order valence-corrected chi connectivity index (χ2v) is 5.50. The molecule has 3 heteroatoms. The molecule has 0 unspecified atom stereocenters. The van der Waals surface area contributed by atoms with Crippen LogP contribution in [0.25, 0.3) is 20.8 Å². The quantitative estimate of drug-likeness (QED) is 0.703. The summed E-state index contributed by atoms with van der Waals surface area (Å²) in [5.74, 6) is 0.277. The molecule has 2 aromatic carbocycles. The average Bonchev–Trinajstić information content (AvgIpc) is 2.73. The van der Waals surface area contributed by atoms with Gasteiger partial charge in [0.15, 0.2) is 0 Å². The normalized spacial score (nSPS) is 11.0. The SMILES string of the molecule is Cc1cc2nc(-c3cccc(O)c3)sc2cc1C. The number of benzene rings is 2. The van der Waals surface area contributed by atoms with Gasteiger partial charge in [0, 0.05) is 5.56 Å². The van der Waals surface area contributed by atoms with Gasteiger partial charge in [0.25, 0.3) is 0 Å². The van der Waals surface area contributed by atoms with Gasteiger partial charge in [0.2, 0.25) is 0 Å². The summed E-state index contributed by atoms with van der Waals surface area (Å²) in [5.41, 5.74) is 4.54. The number of phenolic OH excluding ortho intramolecular Hbond substituents is 1. The van der Waals surface area contributed by atoms with Crippen molar-refractivity contribution in [2.75, 3.05) is 0 Å². The van der Waals surface area contributed by atoms with Gasteiger partial charge >= 0.3 is 0 Å². The van der Waals surface area contributed by atoms with Gasteiger partial charge in [-0.2, -0.15) is 0 Å². The minimum absolute atomic E-state index is 0.277. The molecule has 2 nitrogen and oxygen atoms in total. The number of nitrogens with zero attached hydrogens (tertiary/aromatic N) is 1. The lowest BCUT2D eigenvalue weighted by Gasteiger charge is -1.97. The summed E-state index contributed by atoms with van der Waals surface area (Å²) in [4.78, 5) is 4.63. The Balaban J connectivity index is 2.19. The molecule has 0 amide bonds. The minimum atomic E-state index is 0.277. The van der Waals surface area contributed by atoms with E-state index in [1.165, 1.54) is 15.8 Å². The smallest absolute Gasteiger partial charge is 0.124 e. The van der Waals surface area contributed by atoms with E-state index in [4.69, 9.17) is 0 Å². The van der Waals surface area contributed by atoms with Crippen LogP contribution in [0.2, 0.25) is 0 Å². The van der Waals surface area contributed by atoms with E-state index in [0.29, 0.717) is 0 Å². The van der Waals surface area contributed by atoms with Crippen molar-refractivity contribution in [2.45, 2.75) is 13.8 Å². The molecule has 3 aromatic rings. The van der Waals surface area contributed by atoms with Gasteiger partial charge in [-0.05, 0) is 49.2 Å². The molecule has 0 aliphatic rings. The molecular weight excluding hydrogens is 242 g/mol. The third-order valence-corrected chi connectivity index (χ3v) is 4.16. The van der Waals surface area contributed by atoms with Crippen molar-refractivity contribution in [1.29, 1.82) is 0 Å². The Morgan fingerprint density at radius 2 is 1.83 bits per heavy atom. The van der Waals surface area contributed by atoms with Crippen molar-refractivity contribution in [1.82, 2.24) is 4.98 Å². The van der Waals surface area contributed by atoms with E-state index < -0.39 is 0 Å². The first-order valence-corrected chi connectivity index (χ1v) is 6.62. The van der Waals surface area contributed by atoms with Crippen molar-refractivity contribution >= 4 is 21.6 Å². The lowest BCUT2D eigenvalue weighted by atomic mass is 10.1. The molecule has 0 radical (unpaired) electrons. The summed E-state index contributed by atoms with van der Waals surface area (Å²) in [5, 5.41) is 10.5. The second kappa shape index (κ2) is 4.10. The van der Waals surface area contributed by atoms with Crippen molar-refractivity contribution in [2.24, 2.45) is 0 Å². The Hall–Kier alpha value is -1.87. The molecule has 1 heterocycles. The van der Waals surface area contributed by atoms with Gasteiger partial charge in [-0.15, -0.1) is 11.3 Å². The predicted molar refractivity (Wildman–Crippen MR) is 76.2 cm³/mol. The molecule has 0 saturated carbocycles. The Morgan fingerprint density at radius 3 is 2.61 bits per heavy atom. The lowest BCUT2D eigenvalue weighted by Crippen LogP contribution is -1.79. The maximum absolute atomic E-state index is 9.51. The molecule has 0 spiro atoms. The summed E-state index contributed by atoms with van der Waals surface area (Å²) in [7, 11) is 0. The lowest BCUT2D eigenvalue weighted by molar-refractivity contribution is 0.475. The van der Waals surface area contributed by atoms with Crippen LogP contribution in [0.5, 0.6) is 5.75 Å². The number of thiazole rings is 1. The summed E-state index contributed by atoms with van der Waals surface area (Å²) in [6.07, 6.45) is 0. The number of hydrogen-bond acceptors (Lipinski definition) is 3. The number of phenols is 1. The molecule has 0 saturated heterocycles. The van der Waals surface area contributed by atoms with Gasteiger partial charge in [0.05, 0.1) is 10.2 Å². The third kappa shape index (κ3) is 1.87. The molecule has 18 heavy (non-hydrogen) atoms. The average molecular weight is 255 g/mol. The van der Waals surface area contributed by atoms with Crippen LogP contribution in [0.3, 0.4) is 0 Å². The van der Waals surface area contributed by atoms with Crippen LogP contribution in [0.15, 0.2) is 36.4 Å². The van der Waals surface area contributed by atoms with Crippen molar-refractivity contribution in [3.63, 3.8) is 0 Å². The first kappa shape index (κ1) is 11.2. The van der Waals surface area contributed by atoms with Gasteiger partial charge in [0.1, 0.15) is 10.8 Å². The van der Waals surface area contributed by atoms with Crippen LogP contribution < -0.4 is 0 Å². The number of aromatic nitrogens is 1. The minimum Gasteiger partial charge on any atom is -0.508 e. The van der Waals surface area contributed by atoms with Crippen molar-refractivity contribution in [3.05, 3.63) is 47.5 Å². The van der Waals surface area contributed by atoms with Crippen LogP contribution >= 0.6 is 11.3 Å². The van der Waals surface area contributed by atoms with Crippen LogP contribution in [-0.2, 0) is 0 Å².